The molecule has 0 nitrogen and oxygen atoms in total. The third-order valence-corrected chi connectivity index (χ3v) is 1.02. The molecule has 0 aliphatic heterocycles. The van der Waals surface area contributed by atoms with Crippen LogP contribution in [-0.2, 0) is 0 Å². The molecule has 0 amide bonds. The first-order valence-corrected chi connectivity index (χ1v) is 2.96. The highest BCUT2D eigenvalue weighted by Gasteiger charge is 1.98. The van der Waals surface area contributed by atoms with E-state index < -0.39 is 11.7 Å². The Kier molecular flexibility index (Phi) is 3.90. The van der Waals surface area contributed by atoms with Crippen LogP contribution in [0.2, 0.25) is 0 Å². The second kappa shape index (κ2) is 4.45. The van der Waals surface area contributed by atoms with Gasteiger partial charge in [-0.3, -0.25) is 0 Å². The summed E-state index contributed by atoms with van der Waals surface area (Å²) in [6.07, 6.45) is 7.37. The molecule has 2 heteroatoms. The first-order chi connectivity index (χ1) is 5.11. The van der Waals surface area contributed by atoms with E-state index in [1.54, 1.807) is 6.92 Å². The van der Waals surface area contributed by atoms with E-state index in [2.05, 4.69) is 12.5 Å². The van der Waals surface area contributed by atoms with Crippen LogP contribution in [0.1, 0.15) is 6.92 Å². The number of terminal acetylenes is 1. The van der Waals surface area contributed by atoms with Crippen molar-refractivity contribution in [1.82, 2.24) is 0 Å². The van der Waals surface area contributed by atoms with Crippen LogP contribution in [0.3, 0.4) is 0 Å². The average molecular weight is 154 g/mol. The van der Waals surface area contributed by atoms with Crippen molar-refractivity contribution in [2.45, 2.75) is 6.92 Å². The van der Waals surface area contributed by atoms with Crippen LogP contribution in [0.25, 0.3) is 0 Å². The van der Waals surface area contributed by atoms with Crippen LogP contribution in [-0.4, -0.2) is 0 Å². The standard InChI is InChI=1S/C9H8F2/c1-4-8(5-2)6-9(11)7(3)10/h1,5-6H,3H2,2H3/b8-5-,9-6+. The van der Waals surface area contributed by atoms with E-state index in [0.717, 1.165) is 6.08 Å². The van der Waals surface area contributed by atoms with Gasteiger partial charge in [-0.2, -0.15) is 0 Å². The molecule has 11 heavy (non-hydrogen) atoms. The minimum absolute atomic E-state index is 0.293. The number of rotatable bonds is 2. The number of allylic oxidation sites excluding steroid dienone is 5. The van der Waals surface area contributed by atoms with Crippen molar-refractivity contribution in [3.05, 3.63) is 36.0 Å². The lowest BCUT2D eigenvalue weighted by Crippen LogP contribution is -1.76. The van der Waals surface area contributed by atoms with Gasteiger partial charge in [-0.25, -0.2) is 8.78 Å². The van der Waals surface area contributed by atoms with Gasteiger partial charge in [-0.15, -0.1) is 6.42 Å². The van der Waals surface area contributed by atoms with Gasteiger partial charge >= 0.3 is 0 Å². The summed E-state index contributed by atoms with van der Waals surface area (Å²) in [6.45, 7) is 4.41. The van der Waals surface area contributed by atoms with Crippen LogP contribution in [0.4, 0.5) is 8.78 Å². The molecule has 0 fully saturated rings. The lowest BCUT2D eigenvalue weighted by atomic mass is 10.2. The highest BCUT2D eigenvalue weighted by molar-refractivity contribution is 5.39. The third kappa shape index (κ3) is 3.36. The van der Waals surface area contributed by atoms with E-state index >= 15 is 0 Å². The Hall–Kier alpha value is -1.36. The molecular weight excluding hydrogens is 146 g/mol. The Labute approximate surface area is 64.9 Å². The number of hydrogen-bond donors (Lipinski definition) is 0. The number of halogens is 2. The monoisotopic (exact) mass is 154 g/mol. The van der Waals surface area contributed by atoms with Crippen molar-refractivity contribution in [3.63, 3.8) is 0 Å². The zero-order chi connectivity index (χ0) is 8.85. The van der Waals surface area contributed by atoms with E-state index in [0.29, 0.717) is 5.57 Å². The second-order valence-electron chi connectivity index (χ2n) is 1.79. The molecule has 58 valence electrons. The van der Waals surface area contributed by atoms with E-state index in [1.807, 2.05) is 0 Å². The van der Waals surface area contributed by atoms with Crippen LogP contribution < -0.4 is 0 Å². The molecule has 0 heterocycles. The molecule has 0 unspecified atom stereocenters. The van der Waals surface area contributed by atoms with Gasteiger partial charge in [0, 0.05) is 5.57 Å². The minimum Gasteiger partial charge on any atom is -0.204 e. The summed E-state index contributed by atoms with van der Waals surface area (Å²) in [4.78, 5) is 0. The van der Waals surface area contributed by atoms with Gasteiger partial charge in [-0.05, 0) is 13.0 Å². The van der Waals surface area contributed by atoms with Gasteiger partial charge in [-0.1, -0.05) is 18.6 Å². The molecule has 0 rings (SSSR count). The smallest absolute Gasteiger partial charge is 0.159 e. The van der Waals surface area contributed by atoms with E-state index in [-0.39, 0.29) is 0 Å². The molecular formula is C9H8F2. The molecule has 0 saturated heterocycles. The maximum absolute atomic E-state index is 12.4. The highest BCUT2D eigenvalue weighted by atomic mass is 19.2. The molecule has 0 spiro atoms. The van der Waals surface area contributed by atoms with Crippen LogP contribution in [0.15, 0.2) is 36.0 Å². The van der Waals surface area contributed by atoms with Crippen LogP contribution >= 0.6 is 0 Å². The predicted octanol–water partition coefficient (Wildman–Crippen LogP) is 2.90. The Bertz CT molecular complexity index is 251. The second-order valence-corrected chi connectivity index (χ2v) is 1.79. The fraction of sp³-hybridized carbons (Fsp3) is 0.111. The van der Waals surface area contributed by atoms with Crippen molar-refractivity contribution in [1.29, 1.82) is 0 Å². The maximum atomic E-state index is 12.4. The molecule has 0 atom stereocenters. The quantitative estimate of drug-likeness (QED) is 0.423. The fourth-order valence-corrected chi connectivity index (χ4v) is 0.423. The normalized spacial score (nSPS) is 12.5. The molecule has 0 aromatic rings. The van der Waals surface area contributed by atoms with E-state index in [4.69, 9.17) is 6.42 Å². The molecule has 0 aromatic heterocycles. The van der Waals surface area contributed by atoms with Crippen molar-refractivity contribution < 1.29 is 8.78 Å². The molecule has 0 bridgehead atoms. The molecule has 0 aromatic carbocycles. The van der Waals surface area contributed by atoms with Crippen molar-refractivity contribution in [2.24, 2.45) is 0 Å². The molecule has 0 N–H and O–H groups in total. The van der Waals surface area contributed by atoms with E-state index in [9.17, 15) is 8.78 Å². The zero-order valence-corrected chi connectivity index (χ0v) is 6.20. The van der Waals surface area contributed by atoms with Crippen molar-refractivity contribution in [2.75, 3.05) is 0 Å². The van der Waals surface area contributed by atoms with Gasteiger partial charge < -0.3 is 0 Å². The van der Waals surface area contributed by atoms with Gasteiger partial charge in [0.05, 0.1) is 0 Å². The maximum Gasteiger partial charge on any atom is 0.159 e. The van der Waals surface area contributed by atoms with Gasteiger partial charge in [0.1, 0.15) is 0 Å². The summed E-state index contributed by atoms with van der Waals surface area (Å²) in [5, 5.41) is 0. The summed E-state index contributed by atoms with van der Waals surface area (Å²) < 4.78 is 24.4. The van der Waals surface area contributed by atoms with Crippen LogP contribution in [0.5, 0.6) is 0 Å². The Morgan fingerprint density at radius 1 is 1.55 bits per heavy atom. The minimum atomic E-state index is -1.11. The van der Waals surface area contributed by atoms with Crippen molar-refractivity contribution in [3.8, 4) is 12.3 Å². The largest absolute Gasteiger partial charge is 0.204 e. The van der Waals surface area contributed by atoms with Gasteiger partial charge in [0.2, 0.25) is 0 Å². The van der Waals surface area contributed by atoms with Gasteiger partial charge in [0.15, 0.2) is 11.7 Å². The lowest BCUT2D eigenvalue weighted by Gasteiger charge is -1.90. The predicted molar refractivity (Wildman–Crippen MR) is 42.0 cm³/mol. The average Bonchev–Trinajstić information content (AvgIpc) is 1.99. The number of hydrogen-bond acceptors (Lipinski definition) is 0. The Morgan fingerprint density at radius 2 is 2.09 bits per heavy atom. The third-order valence-electron chi connectivity index (χ3n) is 1.02. The fourth-order valence-electron chi connectivity index (χ4n) is 0.423. The van der Waals surface area contributed by atoms with E-state index in [1.165, 1.54) is 6.08 Å². The topological polar surface area (TPSA) is 0 Å². The summed E-state index contributed by atoms with van der Waals surface area (Å²) in [5.41, 5.74) is 0.293. The highest BCUT2D eigenvalue weighted by Crippen LogP contribution is 2.12. The lowest BCUT2D eigenvalue weighted by molar-refractivity contribution is 0.548. The SMILES string of the molecule is C#CC(=C/C)/C=C(/F)C(=C)F. The summed E-state index contributed by atoms with van der Waals surface area (Å²) >= 11 is 0. The Morgan fingerprint density at radius 3 is 2.36 bits per heavy atom. The molecule has 0 aliphatic carbocycles. The summed E-state index contributed by atoms with van der Waals surface area (Å²) in [6, 6.07) is 0. The molecule has 0 radical (unpaired) electrons. The molecule has 0 aliphatic rings. The van der Waals surface area contributed by atoms with Gasteiger partial charge in [0.25, 0.3) is 0 Å². The summed E-state index contributed by atoms with van der Waals surface area (Å²) in [7, 11) is 0. The van der Waals surface area contributed by atoms with Crippen molar-refractivity contribution >= 4 is 0 Å². The summed E-state index contributed by atoms with van der Waals surface area (Å²) in [5.74, 6) is 0.0315. The first kappa shape index (κ1) is 9.64. The zero-order valence-electron chi connectivity index (χ0n) is 6.20. The Balaban J connectivity index is 4.58. The molecule has 0 saturated carbocycles. The van der Waals surface area contributed by atoms with Crippen LogP contribution in [0, 0.1) is 12.3 Å². The first-order valence-electron chi connectivity index (χ1n) is 2.96.